The van der Waals surface area contributed by atoms with Crippen molar-refractivity contribution in [1.29, 1.82) is 0 Å². The van der Waals surface area contributed by atoms with E-state index >= 15 is 0 Å². The van der Waals surface area contributed by atoms with E-state index in [0.717, 1.165) is 17.5 Å². The molecule has 0 saturated heterocycles. The Kier molecular flexibility index (Phi) is 7.58. The number of anilines is 1. The van der Waals surface area contributed by atoms with Crippen LogP contribution in [-0.4, -0.2) is 51.6 Å². The first kappa shape index (κ1) is 22.6. The van der Waals surface area contributed by atoms with Crippen molar-refractivity contribution < 1.29 is 23.2 Å². The van der Waals surface area contributed by atoms with Crippen molar-refractivity contribution in [1.82, 2.24) is 9.79 Å². The van der Waals surface area contributed by atoms with E-state index in [0.29, 0.717) is 23.3 Å². The van der Waals surface area contributed by atoms with Crippen LogP contribution in [0, 0.1) is 5.92 Å². The molecule has 0 bridgehead atoms. The predicted octanol–water partition coefficient (Wildman–Crippen LogP) is 2.36. The normalized spacial score (nSPS) is 12.4. The van der Waals surface area contributed by atoms with Gasteiger partial charge in [-0.3, -0.25) is 14.8 Å². The zero-order valence-corrected chi connectivity index (χ0v) is 17.6. The molecule has 8 nitrogen and oxygen atoms in total. The van der Waals surface area contributed by atoms with Gasteiger partial charge in [-0.2, -0.15) is 0 Å². The second-order valence-corrected chi connectivity index (χ2v) is 8.71. The molecule has 0 aliphatic heterocycles. The van der Waals surface area contributed by atoms with Gasteiger partial charge in [-0.05, 0) is 18.6 Å². The van der Waals surface area contributed by atoms with Gasteiger partial charge in [0.15, 0.2) is 0 Å². The lowest BCUT2D eigenvalue weighted by atomic mass is 10.0. The predicted molar refractivity (Wildman–Crippen MR) is 111 cm³/mol. The van der Waals surface area contributed by atoms with Crippen LogP contribution in [-0.2, 0) is 19.6 Å². The molecule has 9 heteroatoms. The smallest absolute Gasteiger partial charge is 0.264 e. The lowest BCUT2D eigenvalue weighted by Crippen LogP contribution is -2.40. The molecule has 0 aromatic heterocycles. The van der Waals surface area contributed by atoms with Crippen molar-refractivity contribution in [2.45, 2.75) is 31.1 Å². The number of sulfonamides is 1. The second kappa shape index (κ2) is 9.71. The van der Waals surface area contributed by atoms with E-state index in [9.17, 15) is 23.2 Å². The third-order valence-corrected chi connectivity index (χ3v) is 6.08. The van der Waals surface area contributed by atoms with Gasteiger partial charge >= 0.3 is 0 Å². The fourth-order valence-electron chi connectivity index (χ4n) is 3.18. The third-order valence-electron chi connectivity index (χ3n) is 4.67. The van der Waals surface area contributed by atoms with Crippen molar-refractivity contribution in [3.63, 3.8) is 0 Å². The van der Waals surface area contributed by atoms with Gasteiger partial charge in [0.2, 0.25) is 12.3 Å². The van der Waals surface area contributed by atoms with E-state index in [4.69, 9.17) is 0 Å². The van der Waals surface area contributed by atoms with Crippen LogP contribution < -0.4 is 9.62 Å². The van der Waals surface area contributed by atoms with Gasteiger partial charge in [-0.25, -0.2) is 18.2 Å². The van der Waals surface area contributed by atoms with Crippen molar-refractivity contribution in [2.75, 3.05) is 25.5 Å². The standard InChI is InChI=1S/C20H27N3O5S/c1-4-5-8-15(13-23(26)14-24)20(25)21-29(27,28)19-12-7-9-16-17(19)10-6-11-18(16)22(2)3/h6-7,9-12,14-15,26H,4-5,8,13H2,1-3H3,(H,21,25). The Hall–Kier alpha value is -2.65. The Bertz CT molecular complexity index is 975. The molecule has 2 aromatic rings. The second-order valence-electron chi connectivity index (χ2n) is 7.06. The van der Waals surface area contributed by atoms with Crippen molar-refractivity contribution >= 4 is 38.8 Å². The molecule has 0 heterocycles. The highest BCUT2D eigenvalue weighted by atomic mass is 32.2. The van der Waals surface area contributed by atoms with E-state index in [1.807, 2.05) is 38.1 Å². The molecule has 0 fully saturated rings. The minimum absolute atomic E-state index is 0.00228. The van der Waals surface area contributed by atoms with Gasteiger partial charge in [0.05, 0.1) is 17.4 Å². The molecule has 2 N–H and O–H groups in total. The first-order valence-corrected chi connectivity index (χ1v) is 10.9. The molecule has 158 valence electrons. The summed E-state index contributed by atoms with van der Waals surface area (Å²) in [5.74, 6) is -1.59. The van der Waals surface area contributed by atoms with E-state index in [1.54, 1.807) is 18.2 Å². The molecule has 1 unspecified atom stereocenters. The highest BCUT2D eigenvalue weighted by molar-refractivity contribution is 7.90. The topological polar surface area (TPSA) is 107 Å². The van der Waals surface area contributed by atoms with Gasteiger partial charge < -0.3 is 4.90 Å². The number of nitrogens with one attached hydrogen (secondary N) is 1. The molecule has 0 aliphatic rings. The number of nitrogens with zero attached hydrogens (tertiary/aromatic N) is 2. The first-order chi connectivity index (χ1) is 13.7. The molecule has 1 atom stereocenters. The van der Waals surface area contributed by atoms with Gasteiger partial charge in [0.1, 0.15) is 0 Å². The van der Waals surface area contributed by atoms with Gasteiger partial charge in [0, 0.05) is 30.6 Å². The Morgan fingerprint density at radius 2 is 1.83 bits per heavy atom. The molecular formula is C20H27N3O5S. The number of fused-ring (bicyclic) bond motifs is 1. The maximum absolute atomic E-state index is 13.0. The molecular weight excluding hydrogens is 394 g/mol. The van der Waals surface area contributed by atoms with Crippen molar-refractivity contribution in [3.8, 4) is 0 Å². The molecule has 2 rings (SSSR count). The lowest BCUT2D eigenvalue weighted by molar-refractivity contribution is -0.154. The monoisotopic (exact) mass is 421 g/mol. The Balaban J connectivity index is 2.38. The van der Waals surface area contributed by atoms with E-state index in [1.165, 1.54) is 6.07 Å². The fourth-order valence-corrected chi connectivity index (χ4v) is 4.45. The van der Waals surface area contributed by atoms with E-state index < -0.39 is 21.8 Å². The van der Waals surface area contributed by atoms with E-state index in [-0.39, 0.29) is 17.9 Å². The largest absolute Gasteiger partial charge is 0.377 e. The highest BCUT2D eigenvalue weighted by Crippen LogP contribution is 2.30. The number of rotatable bonds is 10. The molecule has 0 spiro atoms. The number of amides is 2. The average molecular weight is 422 g/mol. The summed E-state index contributed by atoms with van der Waals surface area (Å²) in [4.78, 5) is 25.2. The molecule has 0 saturated carbocycles. The van der Waals surface area contributed by atoms with Crippen LogP contribution in [0.25, 0.3) is 10.8 Å². The quantitative estimate of drug-likeness (QED) is 0.346. The zero-order chi connectivity index (χ0) is 21.6. The Morgan fingerprint density at radius 1 is 1.17 bits per heavy atom. The number of hydroxylamine groups is 2. The van der Waals surface area contributed by atoms with Crippen LogP contribution >= 0.6 is 0 Å². The molecule has 0 radical (unpaired) electrons. The molecule has 29 heavy (non-hydrogen) atoms. The summed E-state index contributed by atoms with van der Waals surface area (Å²) in [7, 11) is -0.418. The first-order valence-electron chi connectivity index (χ1n) is 9.37. The van der Waals surface area contributed by atoms with Crippen LogP contribution in [0.2, 0.25) is 0 Å². The molecule has 2 amide bonds. The summed E-state index contributed by atoms with van der Waals surface area (Å²) >= 11 is 0. The summed E-state index contributed by atoms with van der Waals surface area (Å²) in [6.45, 7) is 1.66. The molecule has 2 aromatic carbocycles. The van der Waals surface area contributed by atoms with E-state index in [2.05, 4.69) is 4.72 Å². The Morgan fingerprint density at radius 3 is 2.45 bits per heavy atom. The minimum Gasteiger partial charge on any atom is -0.377 e. The highest BCUT2D eigenvalue weighted by Gasteiger charge is 2.27. The summed E-state index contributed by atoms with van der Waals surface area (Å²) in [5.41, 5.74) is 0.855. The number of hydrogen-bond acceptors (Lipinski definition) is 6. The summed E-state index contributed by atoms with van der Waals surface area (Å²) < 4.78 is 28.1. The number of unbranched alkanes of at least 4 members (excludes halogenated alkanes) is 1. The lowest BCUT2D eigenvalue weighted by Gasteiger charge is -2.20. The van der Waals surface area contributed by atoms with Crippen molar-refractivity contribution in [2.24, 2.45) is 5.92 Å². The van der Waals surface area contributed by atoms with Crippen molar-refractivity contribution in [3.05, 3.63) is 36.4 Å². The van der Waals surface area contributed by atoms with Crippen LogP contribution in [0.4, 0.5) is 5.69 Å². The maximum atomic E-state index is 13.0. The number of benzene rings is 2. The number of carbonyl (C=O) groups is 2. The van der Waals surface area contributed by atoms with Crippen LogP contribution in [0.5, 0.6) is 0 Å². The number of hydrogen-bond donors (Lipinski definition) is 2. The van der Waals surface area contributed by atoms with Gasteiger partial charge in [0.25, 0.3) is 10.0 Å². The van der Waals surface area contributed by atoms with Crippen LogP contribution in [0.15, 0.2) is 41.3 Å². The zero-order valence-electron chi connectivity index (χ0n) is 16.8. The SMILES string of the molecule is CCCCC(CN(O)C=O)C(=O)NS(=O)(=O)c1cccc2c(N(C)C)cccc12. The van der Waals surface area contributed by atoms with Gasteiger partial charge in [-0.15, -0.1) is 0 Å². The minimum atomic E-state index is -4.15. The third kappa shape index (κ3) is 5.45. The van der Waals surface area contributed by atoms with Crippen LogP contribution in [0.1, 0.15) is 26.2 Å². The summed E-state index contributed by atoms with van der Waals surface area (Å²) in [5, 5.41) is 11.1. The maximum Gasteiger partial charge on any atom is 0.264 e. The average Bonchev–Trinajstić information content (AvgIpc) is 2.69. The summed E-state index contributed by atoms with van der Waals surface area (Å²) in [6, 6.07) is 10.2. The van der Waals surface area contributed by atoms with Gasteiger partial charge in [-0.1, -0.05) is 44.0 Å². The fraction of sp³-hybridized carbons (Fsp3) is 0.400. The summed E-state index contributed by atoms with van der Waals surface area (Å²) in [6.07, 6.45) is 1.99. The van der Waals surface area contributed by atoms with Crippen LogP contribution in [0.3, 0.4) is 0 Å². The number of carbonyl (C=O) groups excluding carboxylic acids is 2. The Labute approximate surface area is 171 Å². The molecule has 0 aliphatic carbocycles.